The molecule has 1 N–H and O–H groups in total. The molecule has 0 aromatic heterocycles. The van der Waals surface area contributed by atoms with Gasteiger partial charge in [-0.25, -0.2) is 0 Å². The highest BCUT2D eigenvalue weighted by Crippen LogP contribution is 2.21. The van der Waals surface area contributed by atoms with Crippen LogP contribution in [-0.2, 0) is 4.79 Å². The van der Waals surface area contributed by atoms with Gasteiger partial charge in [0.2, 0.25) is 5.91 Å². The first-order valence-corrected chi connectivity index (χ1v) is 8.92. The molecular weight excluding hydrogens is 338 g/mol. The van der Waals surface area contributed by atoms with Gasteiger partial charge in [0.05, 0.1) is 26.0 Å². The van der Waals surface area contributed by atoms with Crippen LogP contribution in [0.1, 0.15) is 6.92 Å². The molecule has 2 rings (SSSR count). The van der Waals surface area contributed by atoms with Crippen LogP contribution in [0.5, 0.6) is 17.2 Å². The van der Waals surface area contributed by atoms with Gasteiger partial charge in [-0.1, -0.05) is 0 Å². The van der Waals surface area contributed by atoms with Gasteiger partial charge in [0, 0.05) is 4.90 Å². The van der Waals surface area contributed by atoms with Gasteiger partial charge < -0.3 is 19.5 Å². The van der Waals surface area contributed by atoms with Crippen LogP contribution < -0.4 is 19.5 Å². The molecule has 6 heteroatoms. The Kier molecular flexibility index (Phi) is 7.47. The van der Waals surface area contributed by atoms with Crippen molar-refractivity contribution in [3.63, 3.8) is 0 Å². The Morgan fingerprint density at radius 2 is 1.48 bits per heavy atom. The molecule has 5 nitrogen and oxygen atoms in total. The lowest BCUT2D eigenvalue weighted by molar-refractivity contribution is -0.119. The third-order valence-corrected chi connectivity index (χ3v) is 4.41. The Hall–Kier alpha value is -2.34. The number of benzene rings is 2. The van der Waals surface area contributed by atoms with Gasteiger partial charge in [0.25, 0.3) is 0 Å². The maximum Gasteiger partial charge on any atom is 0.230 e. The van der Waals surface area contributed by atoms with Gasteiger partial charge in [-0.3, -0.25) is 4.79 Å². The second-order valence-corrected chi connectivity index (χ2v) is 6.47. The molecule has 134 valence electrons. The molecule has 0 spiro atoms. The lowest BCUT2D eigenvalue weighted by Gasteiger charge is -2.15. The van der Waals surface area contributed by atoms with Crippen LogP contribution in [0.2, 0.25) is 0 Å². The van der Waals surface area contributed by atoms with Crippen molar-refractivity contribution in [1.82, 2.24) is 5.32 Å². The van der Waals surface area contributed by atoms with E-state index in [9.17, 15) is 4.79 Å². The molecule has 0 heterocycles. The van der Waals surface area contributed by atoms with Crippen molar-refractivity contribution in [2.24, 2.45) is 0 Å². The molecule has 0 bridgehead atoms. The summed E-state index contributed by atoms with van der Waals surface area (Å²) in [4.78, 5) is 13.0. The average Bonchev–Trinajstić information content (AvgIpc) is 2.65. The lowest BCUT2D eigenvalue weighted by Crippen LogP contribution is -2.37. The maximum atomic E-state index is 12.0. The average molecular weight is 361 g/mol. The fourth-order valence-corrected chi connectivity index (χ4v) is 2.78. The monoisotopic (exact) mass is 361 g/mol. The molecule has 25 heavy (non-hydrogen) atoms. The van der Waals surface area contributed by atoms with Gasteiger partial charge in [0.15, 0.2) is 0 Å². The van der Waals surface area contributed by atoms with Crippen molar-refractivity contribution < 1.29 is 19.0 Å². The van der Waals surface area contributed by atoms with Crippen molar-refractivity contribution >= 4 is 17.7 Å². The summed E-state index contributed by atoms with van der Waals surface area (Å²) >= 11 is 1.49. The van der Waals surface area contributed by atoms with E-state index in [1.807, 2.05) is 55.5 Å². The molecule has 2 aromatic carbocycles. The highest BCUT2D eigenvalue weighted by molar-refractivity contribution is 8.00. The third kappa shape index (κ3) is 6.58. The Balaban J connectivity index is 1.69. The van der Waals surface area contributed by atoms with E-state index in [1.54, 1.807) is 14.2 Å². The molecule has 0 saturated heterocycles. The number of amides is 1. The van der Waals surface area contributed by atoms with Gasteiger partial charge >= 0.3 is 0 Å². The summed E-state index contributed by atoms with van der Waals surface area (Å²) in [5.41, 5.74) is 0. The van der Waals surface area contributed by atoms with Crippen LogP contribution >= 0.6 is 11.8 Å². The summed E-state index contributed by atoms with van der Waals surface area (Å²) in [6.07, 6.45) is 0. The smallest absolute Gasteiger partial charge is 0.230 e. The summed E-state index contributed by atoms with van der Waals surface area (Å²) in [6.45, 7) is 2.32. The topological polar surface area (TPSA) is 56.8 Å². The quantitative estimate of drug-likeness (QED) is 0.694. The van der Waals surface area contributed by atoms with Crippen molar-refractivity contribution in [2.75, 3.05) is 26.6 Å². The van der Waals surface area contributed by atoms with Crippen molar-refractivity contribution in [3.8, 4) is 17.2 Å². The molecular formula is C19H23NO4S. The Bertz CT molecular complexity index is 658. The van der Waals surface area contributed by atoms with Crippen LogP contribution in [0.25, 0.3) is 0 Å². The van der Waals surface area contributed by atoms with E-state index in [2.05, 4.69) is 5.32 Å². The molecule has 0 fully saturated rings. The van der Waals surface area contributed by atoms with Gasteiger partial charge in [-0.05, 0) is 55.5 Å². The molecule has 0 aliphatic rings. The number of hydrogen-bond donors (Lipinski definition) is 1. The lowest BCUT2D eigenvalue weighted by atomic mass is 10.3. The number of rotatable bonds is 9. The van der Waals surface area contributed by atoms with Gasteiger partial charge in [-0.2, -0.15) is 0 Å². The molecule has 0 saturated carbocycles. The van der Waals surface area contributed by atoms with E-state index < -0.39 is 0 Å². The fraction of sp³-hybridized carbons (Fsp3) is 0.316. The standard InChI is InChI=1S/C19H23NO4S/c1-14(12-24-17-6-4-15(22-2)5-7-17)20-19(21)13-25-18-10-8-16(23-3)9-11-18/h4-11,14H,12-13H2,1-3H3,(H,20,21)/t14-/m1/s1. The summed E-state index contributed by atoms with van der Waals surface area (Å²) in [6, 6.07) is 14.9. The number of ether oxygens (including phenoxy) is 3. The Morgan fingerprint density at radius 3 is 2.04 bits per heavy atom. The van der Waals surface area contributed by atoms with E-state index in [0.29, 0.717) is 12.4 Å². The minimum Gasteiger partial charge on any atom is -0.497 e. The SMILES string of the molecule is COc1ccc(OC[C@@H](C)NC(=O)CSc2ccc(OC)cc2)cc1. The highest BCUT2D eigenvalue weighted by atomic mass is 32.2. The number of methoxy groups -OCH3 is 2. The second kappa shape index (κ2) is 9.84. The first kappa shape index (κ1) is 19.0. The van der Waals surface area contributed by atoms with E-state index in [-0.39, 0.29) is 11.9 Å². The minimum absolute atomic E-state index is 0.0216. The summed E-state index contributed by atoms with van der Waals surface area (Å²) < 4.78 is 15.9. The highest BCUT2D eigenvalue weighted by Gasteiger charge is 2.09. The van der Waals surface area contributed by atoms with Gasteiger partial charge in [-0.15, -0.1) is 11.8 Å². The van der Waals surface area contributed by atoms with Crippen molar-refractivity contribution in [3.05, 3.63) is 48.5 Å². The third-order valence-electron chi connectivity index (χ3n) is 3.40. The first-order chi connectivity index (χ1) is 12.1. The minimum atomic E-state index is -0.0777. The molecule has 1 amide bonds. The zero-order chi connectivity index (χ0) is 18.1. The number of carbonyl (C=O) groups is 1. The number of thioether (sulfide) groups is 1. The summed E-state index contributed by atoms with van der Waals surface area (Å²) in [5.74, 6) is 2.67. The normalized spacial score (nSPS) is 11.5. The van der Waals surface area contributed by atoms with Crippen LogP contribution in [0, 0.1) is 0 Å². The Morgan fingerprint density at radius 1 is 0.960 bits per heavy atom. The second-order valence-electron chi connectivity index (χ2n) is 5.42. The largest absolute Gasteiger partial charge is 0.497 e. The zero-order valence-electron chi connectivity index (χ0n) is 14.7. The van der Waals surface area contributed by atoms with Crippen molar-refractivity contribution in [2.45, 2.75) is 17.9 Å². The maximum absolute atomic E-state index is 12.0. The number of carbonyl (C=O) groups excluding carboxylic acids is 1. The molecule has 0 unspecified atom stereocenters. The number of hydrogen-bond acceptors (Lipinski definition) is 5. The first-order valence-electron chi connectivity index (χ1n) is 7.94. The van der Waals surface area contributed by atoms with E-state index >= 15 is 0 Å². The van der Waals surface area contributed by atoms with E-state index in [4.69, 9.17) is 14.2 Å². The Labute approximate surface area is 152 Å². The molecule has 1 atom stereocenters. The van der Waals surface area contributed by atoms with Crippen LogP contribution in [0.15, 0.2) is 53.4 Å². The fourth-order valence-electron chi connectivity index (χ4n) is 2.07. The molecule has 0 aliphatic carbocycles. The van der Waals surface area contributed by atoms with Crippen LogP contribution in [0.3, 0.4) is 0 Å². The molecule has 2 aromatic rings. The van der Waals surface area contributed by atoms with Gasteiger partial charge in [0.1, 0.15) is 23.9 Å². The summed E-state index contributed by atoms with van der Waals surface area (Å²) in [5, 5.41) is 2.93. The predicted molar refractivity (Wildman–Crippen MR) is 99.8 cm³/mol. The zero-order valence-corrected chi connectivity index (χ0v) is 15.5. The van der Waals surface area contributed by atoms with Crippen LogP contribution in [-0.4, -0.2) is 38.5 Å². The summed E-state index contributed by atoms with van der Waals surface area (Å²) in [7, 11) is 3.25. The van der Waals surface area contributed by atoms with E-state index in [1.165, 1.54) is 11.8 Å². The molecule has 0 aliphatic heterocycles. The number of nitrogens with one attached hydrogen (secondary N) is 1. The van der Waals surface area contributed by atoms with E-state index in [0.717, 1.165) is 22.1 Å². The predicted octanol–water partition coefficient (Wildman–Crippen LogP) is 3.38. The van der Waals surface area contributed by atoms with Crippen LogP contribution in [0.4, 0.5) is 0 Å². The van der Waals surface area contributed by atoms with Crippen molar-refractivity contribution in [1.29, 1.82) is 0 Å². The molecule has 0 radical (unpaired) electrons.